The fourth-order valence-electron chi connectivity index (χ4n) is 5.00. The average molecular weight is 602 g/mol. The van der Waals surface area contributed by atoms with Crippen molar-refractivity contribution in [3.8, 4) is 0 Å². The summed E-state index contributed by atoms with van der Waals surface area (Å²) in [6, 6.07) is 8.51. The van der Waals surface area contributed by atoms with Crippen molar-refractivity contribution in [2.24, 2.45) is 11.3 Å². The van der Waals surface area contributed by atoms with Gasteiger partial charge in [0.05, 0.1) is 0 Å². The number of unbranched alkanes of at least 4 members (excludes halogenated alkanes) is 2. The number of aryl methyl sites for hydroxylation is 3. The van der Waals surface area contributed by atoms with E-state index >= 15 is 0 Å². The summed E-state index contributed by atoms with van der Waals surface area (Å²) in [7, 11) is 1.63. The van der Waals surface area contributed by atoms with Gasteiger partial charge in [0, 0.05) is 39.5 Å². The van der Waals surface area contributed by atoms with Gasteiger partial charge >= 0.3 is 0 Å². The zero-order valence-corrected chi connectivity index (χ0v) is 29.8. The van der Waals surface area contributed by atoms with Crippen LogP contribution in [0.4, 0.5) is 0 Å². The Morgan fingerprint density at radius 3 is 1.95 bits per heavy atom. The molecule has 2 amide bonds. The Kier molecular flexibility index (Phi) is 26.5. The Bertz CT molecular complexity index is 896. The van der Waals surface area contributed by atoms with Crippen LogP contribution < -0.4 is 5.32 Å². The molecule has 0 bridgehead atoms. The number of carbonyl (C=O) groups is 2. The first-order valence-corrected chi connectivity index (χ1v) is 17.1. The summed E-state index contributed by atoms with van der Waals surface area (Å²) in [6.45, 7) is 23.7. The molecular formula is C36H67N5O2. The molecule has 1 aromatic heterocycles. The minimum atomic E-state index is 0.0926. The van der Waals surface area contributed by atoms with E-state index in [9.17, 15) is 9.59 Å². The molecule has 1 fully saturated rings. The van der Waals surface area contributed by atoms with Crippen molar-refractivity contribution in [2.75, 3.05) is 20.1 Å². The fourth-order valence-corrected chi connectivity index (χ4v) is 5.00. The monoisotopic (exact) mass is 602 g/mol. The quantitative estimate of drug-likeness (QED) is 0.279. The predicted octanol–water partition coefficient (Wildman–Crippen LogP) is 8.66. The Balaban J connectivity index is 0. The number of aromatic nitrogens is 3. The minimum absolute atomic E-state index is 0.0926. The maximum absolute atomic E-state index is 12.7. The smallest absolute Gasteiger partial charge is 0.222 e. The van der Waals surface area contributed by atoms with Crippen LogP contribution in [0.2, 0.25) is 0 Å². The van der Waals surface area contributed by atoms with E-state index in [2.05, 4.69) is 79.2 Å². The van der Waals surface area contributed by atoms with Gasteiger partial charge in [0.25, 0.3) is 0 Å². The molecule has 1 atom stereocenters. The molecule has 43 heavy (non-hydrogen) atoms. The van der Waals surface area contributed by atoms with Crippen molar-refractivity contribution >= 4 is 11.8 Å². The van der Waals surface area contributed by atoms with E-state index in [1.54, 1.807) is 19.7 Å². The van der Waals surface area contributed by atoms with Crippen molar-refractivity contribution in [2.45, 2.75) is 140 Å². The number of nitrogens with one attached hydrogen (secondary N) is 1. The Labute approximate surface area is 265 Å². The van der Waals surface area contributed by atoms with E-state index in [4.69, 9.17) is 0 Å². The number of hydrogen-bond acceptors (Lipinski definition) is 4. The van der Waals surface area contributed by atoms with Crippen molar-refractivity contribution in [1.82, 2.24) is 25.0 Å². The van der Waals surface area contributed by atoms with Crippen LogP contribution >= 0.6 is 0 Å². The first-order valence-electron chi connectivity index (χ1n) is 17.1. The predicted molar refractivity (Wildman–Crippen MR) is 184 cm³/mol. The molecule has 1 saturated heterocycles. The van der Waals surface area contributed by atoms with Crippen LogP contribution in [0.15, 0.2) is 36.9 Å². The number of hydrogen-bond donors (Lipinski definition) is 1. The first kappa shape index (κ1) is 42.4. The highest BCUT2D eigenvalue weighted by Gasteiger charge is 2.39. The molecule has 0 saturated carbocycles. The molecule has 7 heteroatoms. The lowest BCUT2D eigenvalue weighted by atomic mass is 9.66. The highest BCUT2D eigenvalue weighted by molar-refractivity contribution is 5.76. The summed E-state index contributed by atoms with van der Waals surface area (Å²) in [5, 5.41) is 6.74. The summed E-state index contributed by atoms with van der Waals surface area (Å²) in [5.74, 6) is 1.05. The van der Waals surface area contributed by atoms with Gasteiger partial charge in [0.2, 0.25) is 11.8 Å². The minimum Gasteiger partial charge on any atom is -0.359 e. The van der Waals surface area contributed by atoms with Gasteiger partial charge in [0.15, 0.2) is 0 Å². The van der Waals surface area contributed by atoms with E-state index in [0.29, 0.717) is 30.1 Å². The molecular weight excluding hydrogens is 534 g/mol. The molecule has 1 unspecified atom stereocenters. The van der Waals surface area contributed by atoms with Gasteiger partial charge in [-0.15, -0.1) is 0 Å². The zero-order valence-electron chi connectivity index (χ0n) is 29.8. The van der Waals surface area contributed by atoms with Gasteiger partial charge < -0.3 is 10.2 Å². The third-order valence-electron chi connectivity index (χ3n) is 8.13. The van der Waals surface area contributed by atoms with Gasteiger partial charge in [-0.05, 0) is 49.5 Å². The van der Waals surface area contributed by atoms with Crippen molar-refractivity contribution in [3.63, 3.8) is 0 Å². The van der Waals surface area contributed by atoms with Crippen LogP contribution in [0.5, 0.6) is 0 Å². The van der Waals surface area contributed by atoms with Gasteiger partial charge in [-0.3, -0.25) is 14.3 Å². The molecule has 0 aliphatic carbocycles. The lowest BCUT2D eigenvalue weighted by molar-refractivity contribution is -0.134. The maximum Gasteiger partial charge on any atom is 0.222 e. The third-order valence-corrected chi connectivity index (χ3v) is 8.13. The SMILES string of the molecule is CC.CC.CCC(=O)NC.CCC(C)C1(CCn2cncn2)CCN(C(=O)CCc2ccc(C)cc2)CC1.CCCCC. The largest absolute Gasteiger partial charge is 0.359 e. The lowest BCUT2D eigenvalue weighted by Crippen LogP contribution is -2.46. The van der Waals surface area contributed by atoms with Gasteiger partial charge in [-0.25, -0.2) is 4.98 Å². The molecule has 7 nitrogen and oxygen atoms in total. The topological polar surface area (TPSA) is 80.1 Å². The number of nitrogens with zero attached hydrogens (tertiary/aromatic N) is 4. The number of likely N-dealkylation sites (tertiary alicyclic amines) is 1. The number of benzene rings is 1. The fraction of sp³-hybridized carbons (Fsp3) is 0.722. The second-order valence-corrected chi connectivity index (χ2v) is 10.8. The van der Waals surface area contributed by atoms with Crippen LogP contribution in [0.25, 0.3) is 0 Å². The maximum atomic E-state index is 12.7. The molecule has 248 valence electrons. The van der Waals surface area contributed by atoms with Crippen LogP contribution in [0.3, 0.4) is 0 Å². The Morgan fingerprint density at radius 1 is 0.977 bits per heavy atom. The van der Waals surface area contributed by atoms with Crippen LogP contribution in [0.1, 0.15) is 131 Å². The van der Waals surface area contributed by atoms with E-state index in [1.807, 2.05) is 39.3 Å². The third kappa shape index (κ3) is 17.9. The Hall–Kier alpha value is -2.70. The summed E-state index contributed by atoms with van der Waals surface area (Å²) in [5.41, 5.74) is 2.81. The van der Waals surface area contributed by atoms with Gasteiger partial charge in [0.1, 0.15) is 12.7 Å². The van der Waals surface area contributed by atoms with E-state index in [1.165, 1.54) is 36.8 Å². The van der Waals surface area contributed by atoms with Crippen molar-refractivity contribution in [1.29, 1.82) is 0 Å². The van der Waals surface area contributed by atoms with Crippen LogP contribution in [-0.4, -0.2) is 51.6 Å². The first-order chi connectivity index (χ1) is 20.7. The molecule has 1 N–H and O–H groups in total. The normalized spacial score (nSPS) is 13.7. The highest BCUT2D eigenvalue weighted by atomic mass is 16.2. The molecule has 1 aromatic carbocycles. The average Bonchev–Trinajstić information content (AvgIpc) is 3.59. The number of piperidine rings is 1. The van der Waals surface area contributed by atoms with Gasteiger partial charge in [-0.2, -0.15) is 5.10 Å². The number of rotatable bonds is 11. The summed E-state index contributed by atoms with van der Waals surface area (Å²) in [4.78, 5) is 29.0. The van der Waals surface area contributed by atoms with Crippen LogP contribution in [0, 0.1) is 18.3 Å². The summed E-state index contributed by atoms with van der Waals surface area (Å²) < 4.78 is 1.93. The zero-order chi connectivity index (χ0) is 33.1. The lowest BCUT2D eigenvalue weighted by Gasteiger charge is -2.46. The number of amides is 2. The summed E-state index contributed by atoms with van der Waals surface area (Å²) in [6.07, 6.45) is 14.0. The second-order valence-electron chi connectivity index (χ2n) is 10.8. The molecule has 1 aliphatic rings. The van der Waals surface area contributed by atoms with E-state index in [-0.39, 0.29) is 5.91 Å². The second kappa shape index (κ2) is 26.9. The molecule has 1 aliphatic heterocycles. The molecule has 2 heterocycles. The van der Waals surface area contributed by atoms with Crippen LogP contribution in [-0.2, 0) is 22.6 Å². The standard InChI is InChI=1S/C23H34N4O.C5H12.C4H9NO.2C2H6/c1-4-20(3)23(13-16-27-18-24-17-25-27)11-14-26(15-12-23)22(28)10-9-21-7-5-19(2)6-8-21;1-3-5-4-2;1-3-4(6)5-2;2*1-2/h5-8,17-18,20H,4,9-16H2,1-3H3;3-5H2,1-2H3;3H2,1-2H3,(H,5,6);2*1-2H3. The van der Waals surface area contributed by atoms with E-state index < -0.39 is 0 Å². The molecule has 2 aromatic rings. The van der Waals surface area contributed by atoms with Crippen molar-refractivity contribution in [3.05, 3.63) is 48.0 Å². The number of carbonyl (C=O) groups excluding carboxylic acids is 2. The molecule has 3 rings (SSSR count). The highest BCUT2D eigenvalue weighted by Crippen LogP contribution is 2.44. The van der Waals surface area contributed by atoms with Crippen molar-refractivity contribution < 1.29 is 9.59 Å². The Morgan fingerprint density at radius 2 is 1.56 bits per heavy atom. The van der Waals surface area contributed by atoms with E-state index in [0.717, 1.165) is 45.3 Å². The van der Waals surface area contributed by atoms with Gasteiger partial charge in [-0.1, -0.05) is 118 Å². The molecule has 0 radical (unpaired) electrons. The molecule has 0 spiro atoms. The summed E-state index contributed by atoms with van der Waals surface area (Å²) >= 11 is 0.